The van der Waals surface area contributed by atoms with Crippen molar-refractivity contribution in [3.63, 3.8) is 0 Å². The first-order valence-corrected chi connectivity index (χ1v) is 10.1. The zero-order chi connectivity index (χ0) is 20.2. The number of nitrogens with one attached hydrogen (secondary N) is 2. The lowest BCUT2D eigenvalue weighted by molar-refractivity contribution is -0.123. The van der Waals surface area contributed by atoms with Crippen LogP contribution in [0.4, 0.5) is 0 Å². The molecule has 1 amide bonds. The molecule has 0 saturated carbocycles. The van der Waals surface area contributed by atoms with Gasteiger partial charge in [0.1, 0.15) is 22.4 Å². The Kier molecular flexibility index (Phi) is 6.67. The molecular formula is C19H26N2O5S. The van der Waals surface area contributed by atoms with E-state index in [2.05, 4.69) is 10.0 Å². The Morgan fingerprint density at radius 2 is 1.89 bits per heavy atom. The Hall–Kier alpha value is -2.32. The maximum absolute atomic E-state index is 12.9. The third-order valence-electron chi connectivity index (χ3n) is 4.32. The van der Waals surface area contributed by atoms with E-state index in [4.69, 9.17) is 9.15 Å². The van der Waals surface area contributed by atoms with Crippen LogP contribution < -0.4 is 14.8 Å². The van der Waals surface area contributed by atoms with E-state index in [1.807, 2.05) is 13.8 Å². The monoisotopic (exact) mass is 394 g/mol. The second-order valence-corrected chi connectivity index (χ2v) is 8.41. The van der Waals surface area contributed by atoms with E-state index >= 15 is 0 Å². The van der Waals surface area contributed by atoms with E-state index in [0.717, 1.165) is 11.1 Å². The molecule has 0 bridgehead atoms. The van der Waals surface area contributed by atoms with E-state index in [1.54, 1.807) is 38.1 Å². The number of hydrogen-bond donors (Lipinski definition) is 2. The van der Waals surface area contributed by atoms with Gasteiger partial charge in [-0.2, -0.15) is 4.72 Å². The van der Waals surface area contributed by atoms with Crippen LogP contribution in [0.3, 0.4) is 0 Å². The van der Waals surface area contributed by atoms with Gasteiger partial charge < -0.3 is 14.5 Å². The Labute approximate surface area is 160 Å². The van der Waals surface area contributed by atoms with Crippen molar-refractivity contribution in [2.75, 3.05) is 7.11 Å². The largest absolute Gasteiger partial charge is 0.495 e. The third-order valence-corrected chi connectivity index (χ3v) is 5.78. The van der Waals surface area contributed by atoms with E-state index in [0.29, 0.717) is 5.76 Å². The van der Waals surface area contributed by atoms with Crippen molar-refractivity contribution in [2.24, 2.45) is 5.92 Å². The van der Waals surface area contributed by atoms with Crippen LogP contribution in [-0.4, -0.2) is 27.5 Å². The topological polar surface area (TPSA) is 97.6 Å². The van der Waals surface area contributed by atoms with Crippen LogP contribution in [0.25, 0.3) is 0 Å². The van der Waals surface area contributed by atoms with E-state index in [1.165, 1.54) is 13.4 Å². The maximum Gasteiger partial charge on any atom is 0.244 e. The molecule has 0 aliphatic heterocycles. The number of aryl methyl sites for hydroxylation is 2. The summed E-state index contributed by atoms with van der Waals surface area (Å²) < 4.78 is 38.8. The molecule has 27 heavy (non-hydrogen) atoms. The Morgan fingerprint density at radius 1 is 1.22 bits per heavy atom. The van der Waals surface area contributed by atoms with Gasteiger partial charge in [0.05, 0.1) is 19.9 Å². The summed E-state index contributed by atoms with van der Waals surface area (Å²) in [6.07, 6.45) is 1.51. The Morgan fingerprint density at radius 3 is 2.44 bits per heavy atom. The first kappa shape index (κ1) is 21.0. The summed E-state index contributed by atoms with van der Waals surface area (Å²) in [4.78, 5) is 12.6. The highest BCUT2D eigenvalue weighted by molar-refractivity contribution is 7.89. The molecule has 7 nitrogen and oxygen atoms in total. The first-order valence-electron chi connectivity index (χ1n) is 8.63. The van der Waals surface area contributed by atoms with Gasteiger partial charge in [-0.05, 0) is 55.2 Å². The molecule has 2 N–H and O–H groups in total. The number of sulfonamides is 1. The number of carbonyl (C=O) groups excluding carboxylic acids is 1. The van der Waals surface area contributed by atoms with E-state index < -0.39 is 22.0 Å². The smallest absolute Gasteiger partial charge is 0.244 e. The first-order chi connectivity index (χ1) is 12.7. The van der Waals surface area contributed by atoms with Gasteiger partial charge in [-0.25, -0.2) is 8.42 Å². The summed E-state index contributed by atoms with van der Waals surface area (Å²) in [5, 5.41) is 2.70. The molecule has 1 heterocycles. The summed E-state index contributed by atoms with van der Waals surface area (Å²) in [6.45, 7) is 7.43. The van der Waals surface area contributed by atoms with Crippen LogP contribution >= 0.6 is 0 Å². The molecule has 1 atom stereocenters. The predicted octanol–water partition coefficient (Wildman–Crippen LogP) is 2.52. The van der Waals surface area contributed by atoms with E-state index in [9.17, 15) is 13.2 Å². The summed E-state index contributed by atoms with van der Waals surface area (Å²) in [5.74, 6) is 0.148. The number of benzene rings is 1. The highest BCUT2D eigenvalue weighted by Gasteiger charge is 2.30. The van der Waals surface area contributed by atoms with Crippen LogP contribution in [0, 0.1) is 19.8 Å². The zero-order valence-electron chi connectivity index (χ0n) is 16.2. The Bertz CT molecular complexity index is 889. The standard InChI is InChI=1S/C19H26N2O5S/c1-12(2)18(19(22)20-11-15-7-6-8-26-15)21-27(23,24)17-10-14(4)13(3)9-16(17)25-5/h6-10,12,18,21H,11H2,1-5H3,(H,20,22)/t18-/m1/s1. The fraction of sp³-hybridized carbons (Fsp3) is 0.421. The number of furan rings is 1. The number of rotatable bonds is 8. The van der Waals surface area contributed by atoms with Crippen LogP contribution in [0.5, 0.6) is 5.75 Å². The quantitative estimate of drug-likeness (QED) is 0.717. The lowest BCUT2D eigenvalue weighted by Gasteiger charge is -2.22. The average Bonchev–Trinajstić information content (AvgIpc) is 3.12. The molecule has 2 rings (SSSR count). The van der Waals surface area contributed by atoms with Crippen molar-refractivity contribution in [1.29, 1.82) is 0 Å². The van der Waals surface area contributed by atoms with Crippen LogP contribution in [-0.2, 0) is 21.4 Å². The Balaban J connectivity index is 2.24. The summed E-state index contributed by atoms with van der Waals surface area (Å²) >= 11 is 0. The van der Waals surface area contributed by atoms with Crippen LogP contribution in [0.2, 0.25) is 0 Å². The second kappa shape index (κ2) is 8.58. The average molecular weight is 394 g/mol. The summed E-state index contributed by atoms with van der Waals surface area (Å²) in [5.41, 5.74) is 1.74. The fourth-order valence-corrected chi connectivity index (χ4v) is 4.13. The molecule has 0 aliphatic carbocycles. The molecule has 148 valence electrons. The van der Waals surface area contributed by atoms with Gasteiger partial charge in [0, 0.05) is 0 Å². The van der Waals surface area contributed by atoms with Crippen molar-refractivity contribution in [2.45, 2.75) is 45.2 Å². The van der Waals surface area contributed by atoms with Crippen LogP contribution in [0.1, 0.15) is 30.7 Å². The second-order valence-electron chi connectivity index (χ2n) is 6.73. The maximum atomic E-state index is 12.9. The minimum Gasteiger partial charge on any atom is -0.495 e. The molecule has 2 aromatic rings. The number of amides is 1. The molecular weight excluding hydrogens is 368 g/mol. The minimum absolute atomic E-state index is 0.0117. The molecule has 0 saturated heterocycles. The molecule has 0 radical (unpaired) electrons. The van der Waals surface area contributed by atoms with Gasteiger partial charge >= 0.3 is 0 Å². The van der Waals surface area contributed by atoms with Crippen molar-refractivity contribution in [3.8, 4) is 5.75 Å². The predicted molar refractivity (Wildman–Crippen MR) is 102 cm³/mol. The summed E-state index contributed by atoms with van der Waals surface area (Å²) in [6, 6.07) is 5.74. The number of ether oxygens (including phenoxy) is 1. The van der Waals surface area contributed by atoms with E-state index in [-0.39, 0.29) is 23.1 Å². The van der Waals surface area contributed by atoms with Crippen molar-refractivity contribution in [3.05, 3.63) is 47.4 Å². The molecule has 0 spiro atoms. The fourth-order valence-electron chi connectivity index (χ4n) is 2.55. The highest BCUT2D eigenvalue weighted by atomic mass is 32.2. The van der Waals surface area contributed by atoms with Gasteiger partial charge in [-0.3, -0.25) is 4.79 Å². The molecule has 0 unspecified atom stereocenters. The van der Waals surface area contributed by atoms with Gasteiger partial charge in [0.25, 0.3) is 0 Å². The molecule has 8 heteroatoms. The minimum atomic E-state index is -3.96. The molecule has 0 fully saturated rings. The molecule has 1 aromatic carbocycles. The molecule has 0 aliphatic rings. The van der Waals surface area contributed by atoms with Crippen molar-refractivity contribution < 1.29 is 22.4 Å². The van der Waals surface area contributed by atoms with Gasteiger partial charge in [-0.15, -0.1) is 0 Å². The van der Waals surface area contributed by atoms with Crippen molar-refractivity contribution in [1.82, 2.24) is 10.0 Å². The SMILES string of the molecule is COc1cc(C)c(C)cc1S(=O)(=O)N[C@@H](C(=O)NCc1ccco1)C(C)C. The zero-order valence-corrected chi connectivity index (χ0v) is 17.0. The molecule has 1 aromatic heterocycles. The summed E-state index contributed by atoms with van der Waals surface area (Å²) in [7, 11) is -2.55. The lowest BCUT2D eigenvalue weighted by atomic mass is 10.1. The number of methoxy groups -OCH3 is 1. The van der Waals surface area contributed by atoms with Crippen molar-refractivity contribution >= 4 is 15.9 Å². The lowest BCUT2D eigenvalue weighted by Crippen LogP contribution is -2.49. The third kappa shape index (κ3) is 5.11. The highest BCUT2D eigenvalue weighted by Crippen LogP contribution is 2.27. The number of hydrogen-bond acceptors (Lipinski definition) is 5. The van der Waals surface area contributed by atoms with Gasteiger partial charge in [0.2, 0.25) is 15.9 Å². The van der Waals surface area contributed by atoms with Gasteiger partial charge in [0.15, 0.2) is 0 Å². The number of carbonyl (C=O) groups is 1. The van der Waals surface area contributed by atoms with Gasteiger partial charge in [-0.1, -0.05) is 13.8 Å². The normalized spacial score (nSPS) is 12.8. The van der Waals surface area contributed by atoms with Crippen LogP contribution in [0.15, 0.2) is 39.8 Å².